The van der Waals surface area contributed by atoms with Crippen molar-refractivity contribution in [2.45, 2.75) is 76.5 Å². The van der Waals surface area contributed by atoms with Gasteiger partial charge in [0.05, 0.1) is 20.3 Å². The van der Waals surface area contributed by atoms with E-state index >= 15 is 0 Å². The summed E-state index contributed by atoms with van der Waals surface area (Å²) in [5, 5.41) is 10.5. The van der Waals surface area contributed by atoms with Gasteiger partial charge in [0.2, 0.25) is 0 Å². The standard InChI is InChI=1S/C30H33Cl2N5O2S2/c1-4-20-14-19(12-16(2)37(20)30-34-24-11-10-18(13-25(24)41-30)29(38)36-40-3)33-15-21-27(35-39-28(21)17-8-9-17)26-22(31)6-5-7-23(26)32/h5-7,10-11,13,16-17,19-20,33H,4,8-9,12,14-15H2,1-3H3,(H,36,38). The first kappa shape index (κ1) is 28.8. The Hall–Kier alpha value is -2.30. The number of hydrogen-bond donors (Lipinski definition) is 2. The van der Waals surface area contributed by atoms with Gasteiger partial charge in [-0.2, -0.15) is 0 Å². The van der Waals surface area contributed by atoms with E-state index in [1.165, 1.54) is 11.9 Å². The van der Waals surface area contributed by atoms with Crippen molar-refractivity contribution in [1.82, 2.24) is 20.2 Å². The molecule has 41 heavy (non-hydrogen) atoms. The Kier molecular flexibility index (Phi) is 8.52. The topological polar surface area (TPSA) is 83.3 Å². The number of rotatable bonds is 9. The Morgan fingerprint density at radius 2 is 1.98 bits per heavy atom. The fourth-order valence-corrected chi connectivity index (χ4v) is 8.00. The van der Waals surface area contributed by atoms with Gasteiger partial charge in [-0.25, -0.2) is 4.98 Å². The van der Waals surface area contributed by atoms with Crippen LogP contribution in [0.25, 0.3) is 21.5 Å². The van der Waals surface area contributed by atoms with Gasteiger partial charge in [-0.3, -0.25) is 9.52 Å². The highest BCUT2D eigenvalue weighted by Crippen LogP contribution is 2.46. The Bertz CT molecular complexity index is 1550. The number of aromatic nitrogens is 2. The van der Waals surface area contributed by atoms with Gasteiger partial charge in [-0.15, -0.1) is 0 Å². The van der Waals surface area contributed by atoms with Gasteiger partial charge in [0.25, 0.3) is 5.91 Å². The molecule has 2 aromatic carbocycles. The van der Waals surface area contributed by atoms with Gasteiger partial charge in [0.15, 0.2) is 5.13 Å². The normalized spacial score (nSPS) is 21.0. The van der Waals surface area contributed by atoms with Crippen LogP contribution in [0.5, 0.6) is 0 Å². The molecule has 1 saturated carbocycles. The average molecular weight is 631 g/mol. The lowest BCUT2D eigenvalue weighted by molar-refractivity contribution is 0.0984. The number of thiazole rings is 1. The third-order valence-electron chi connectivity index (χ3n) is 8.11. The van der Waals surface area contributed by atoms with E-state index in [1.54, 1.807) is 11.3 Å². The van der Waals surface area contributed by atoms with Crippen LogP contribution in [0, 0.1) is 0 Å². The zero-order valence-corrected chi connectivity index (χ0v) is 26.4. The lowest BCUT2D eigenvalue weighted by Gasteiger charge is -2.44. The third-order valence-corrected chi connectivity index (χ3v) is 10.2. The Balaban J connectivity index is 1.20. The van der Waals surface area contributed by atoms with E-state index in [9.17, 15) is 4.79 Å². The minimum atomic E-state index is -0.0846. The van der Waals surface area contributed by atoms with Crippen LogP contribution < -0.4 is 14.9 Å². The molecule has 0 spiro atoms. The van der Waals surface area contributed by atoms with Crippen LogP contribution in [0.15, 0.2) is 40.9 Å². The fourth-order valence-electron chi connectivity index (χ4n) is 5.94. The maximum atomic E-state index is 12.3. The smallest absolute Gasteiger partial charge is 0.261 e. The number of benzene rings is 2. The average Bonchev–Trinajstić information content (AvgIpc) is 3.58. The van der Waals surface area contributed by atoms with Crippen molar-refractivity contribution >= 4 is 67.7 Å². The quantitative estimate of drug-likeness (QED) is 0.181. The predicted octanol–water partition coefficient (Wildman–Crippen LogP) is 8.07. The summed E-state index contributed by atoms with van der Waals surface area (Å²) in [5.41, 5.74) is 4.13. The van der Waals surface area contributed by atoms with Crippen molar-refractivity contribution in [2.75, 3.05) is 11.2 Å². The molecular formula is C30H33Cl2N5O2S2. The number of anilines is 1. The van der Waals surface area contributed by atoms with E-state index in [2.05, 4.69) is 33.9 Å². The molecule has 3 unspecified atom stereocenters. The van der Waals surface area contributed by atoms with Crippen LogP contribution in [0.4, 0.5) is 5.13 Å². The van der Waals surface area contributed by atoms with E-state index in [0.717, 1.165) is 70.0 Å². The number of fused-ring (bicyclic) bond motifs is 1. The number of nitrogens with one attached hydrogen (secondary N) is 2. The second kappa shape index (κ2) is 12.1. The molecule has 216 valence electrons. The number of hydrogen-bond acceptors (Lipinski definition) is 8. The van der Waals surface area contributed by atoms with Crippen LogP contribution in [-0.2, 0) is 6.54 Å². The molecule has 1 amide bonds. The summed E-state index contributed by atoms with van der Waals surface area (Å²) >= 11 is 16.1. The van der Waals surface area contributed by atoms with Gasteiger partial charge in [-0.05, 0) is 69.4 Å². The predicted molar refractivity (Wildman–Crippen MR) is 170 cm³/mol. The van der Waals surface area contributed by atoms with Gasteiger partial charge < -0.3 is 14.7 Å². The molecular weight excluding hydrogens is 597 g/mol. The Labute approximate surface area is 258 Å². The number of nitrogens with zero attached hydrogens (tertiary/aromatic N) is 3. The van der Waals surface area contributed by atoms with Crippen LogP contribution >= 0.6 is 46.5 Å². The first-order valence-electron chi connectivity index (χ1n) is 14.1. The summed E-state index contributed by atoms with van der Waals surface area (Å²) in [6.07, 6.45) is 7.09. The molecule has 3 atom stereocenters. The molecule has 3 heterocycles. The molecule has 2 N–H and O–H groups in total. The van der Waals surface area contributed by atoms with Crippen molar-refractivity contribution in [3.8, 4) is 11.3 Å². The van der Waals surface area contributed by atoms with Gasteiger partial charge in [0.1, 0.15) is 11.5 Å². The second-order valence-corrected chi connectivity index (χ2v) is 13.4. The van der Waals surface area contributed by atoms with Crippen molar-refractivity contribution in [2.24, 2.45) is 0 Å². The molecule has 1 saturated heterocycles. The molecule has 11 heteroatoms. The highest BCUT2D eigenvalue weighted by Gasteiger charge is 2.36. The van der Waals surface area contributed by atoms with E-state index in [4.69, 9.17) is 32.7 Å². The highest BCUT2D eigenvalue weighted by atomic mass is 35.5. The number of carbonyl (C=O) groups excluding carboxylic acids is 1. The van der Waals surface area contributed by atoms with Crippen LogP contribution in [0.1, 0.15) is 73.6 Å². The minimum absolute atomic E-state index is 0.0846. The Morgan fingerprint density at radius 3 is 2.68 bits per heavy atom. The second-order valence-electron chi connectivity index (χ2n) is 10.9. The molecule has 6 rings (SSSR count). The van der Waals surface area contributed by atoms with Crippen molar-refractivity contribution in [1.29, 1.82) is 0 Å². The number of halogens is 2. The summed E-state index contributed by atoms with van der Waals surface area (Å²) in [6, 6.07) is 12.3. The van der Waals surface area contributed by atoms with Crippen LogP contribution in [0.3, 0.4) is 0 Å². The zero-order chi connectivity index (χ0) is 28.7. The number of amides is 1. The van der Waals surface area contributed by atoms with E-state index in [1.807, 2.05) is 42.7 Å². The number of carbonyl (C=O) groups is 1. The largest absolute Gasteiger partial charge is 0.360 e. The maximum absolute atomic E-state index is 12.3. The Morgan fingerprint density at radius 1 is 1.20 bits per heavy atom. The maximum Gasteiger partial charge on any atom is 0.261 e. The summed E-state index contributed by atoms with van der Waals surface area (Å²) in [5.74, 6) is 1.30. The molecule has 2 fully saturated rings. The van der Waals surface area contributed by atoms with Gasteiger partial charge in [-0.1, -0.05) is 64.6 Å². The monoisotopic (exact) mass is 629 g/mol. The lowest BCUT2D eigenvalue weighted by atomic mass is 9.90. The summed E-state index contributed by atoms with van der Waals surface area (Å²) in [4.78, 5) is 19.8. The van der Waals surface area contributed by atoms with Crippen molar-refractivity contribution in [3.05, 3.63) is 63.3 Å². The van der Waals surface area contributed by atoms with Crippen LogP contribution in [0.2, 0.25) is 10.0 Å². The number of piperidine rings is 1. The zero-order valence-electron chi connectivity index (χ0n) is 23.2. The first-order valence-corrected chi connectivity index (χ1v) is 16.9. The molecule has 7 nitrogen and oxygen atoms in total. The summed E-state index contributed by atoms with van der Waals surface area (Å²) in [7, 11) is 0. The first-order chi connectivity index (χ1) is 19.9. The van der Waals surface area contributed by atoms with Crippen LogP contribution in [-0.4, -0.2) is 40.4 Å². The SMILES string of the molecule is CCC1CC(NCc2c(-c3c(Cl)cccc3Cl)noc2C2CC2)CC(C)N1c1nc2ccc(C(=O)NSC)cc2s1. The minimum Gasteiger partial charge on any atom is -0.360 e. The molecule has 0 bridgehead atoms. The highest BCUT2D eigenvalue weighted by molar-refractivity contribution is 7.97. The molecule has 2 aromatic heterocycles. The molecule has 0 radical (unpaired) electrons. The molecule has 1 aliphatic heterocycles. The summed E-state index contributed by atoms with van der Waals surface area (Å²) < 4.78 is 9.71. The fraction of sp³-hybridized carbons (Fsp3) is 0.433. The van der Waals surface area contributed by atoms with Crippen molar-refractivity contribution in [3.63, 3.8) is 0 Å². The molecule has 1 aliphatic carbocycles. The van der Waals surface area contributed by atoms with E-state index in [0.29, 0.717) is 46.2 Å². The van der Waals surface area contributed by atoms with Crippen molar-refractivity contribution < 1.29 is 9.32 Å². The molecule has 4 aromatic rings. The molecule has 2 aliphatic rings. The van der Waals surface area contributed by atoms with E-state index in [-0.39, 0.29) is 5.91 Å². The summed E-state index contributed by atoms with van der Waals surface area (Å²) in [6.45, 7) is 5.18. The third kappa shape index (κ3) is 5.84. The lowest BCUT2D eigenvalue weighted by Crippen LogP contribution is -2.53. The van der Waals surface area contributed by atoms with E-state index < -0.39 is 0 Å². The van der Waals surface area contributed by atoms with Gasteiger partial charge in [0, 0.05) is 53.5 Å². The van der Waals surface area contributed by atoms with Gasteiger partial charge >= 0.3 is 0 Å².